The molecule has 1 unspecified atom stereocenters. The smallest absolute Gasteiger partial charge is 0.211 e. The van der Waals surface area contributed by atoms with Gasteiger partial charge in [-0.1, -0.05) is 0 Å². The standard InChI is InChI=1S/C22H29N7O3S2/c1-15(27-5-7-29(8-6-27)34(2,30)31)18-13-17-20(33-18)22(28-9-11-32-12-10-28)26-21(25-17)16-3-4-19(23)24-14-16/h3-4,13-15H,5-12H2,1-2H3,(H2,23,24). The Morgan fingerprint density at radius 3 is 2.47 bits per heavy atom. The van der Waals surface area contributed by atoms with Crippen molar-refractivity contribution in [3.8, 4) is 11.4 Å². The molecule has 3 aromatic rings. The first kappa shape index (κ1) is 23.4. The molecule has 2 aliphatic heterocycles. The molecule has 0 radical (unpaired) electrons. The summed E-state index contributed by atoms with van der Waals surface area (Å²) in [6, 6.07) is 5.95. The summed E-state index contributed by atoms with van der Waals surface area (Å²) in [5.41, 5.74) is 7.50. The Labute approximate surface area is 203 Å². The lowest BCUT2D eigenvalue weighted by molar-refractivity contribution is 0.122. The van der Waals surface area contributed by atoms with Gasteiger partial charge in [-0.05, 0) is 25.1 Å². The van der Waals surface area contributed by atoms with E-state index in [0.717, 1.165) is 34.7 Å². The van der Waals surface area contributed by atoms with Crippen molar-refractivity contribution < 1.29 is 13.2 Å². The first-order chi connectivity index (χ1) is 16.3. The molecule has 1 atom stereocenters. The van der Waals surface area contributed by atoms with Crippen LogP contribution in [0.5, 0.6) is 0 Å². The summed E-state index contributed by atoms with van der Waals surface area (Å²) in [7, 11) is -3.15. The lowest BCUT2D eigenvalue weighted by Crippen LogP contribution is -2.48. The summed E-state index contributed by atoms with van der Waals surface area (Å²) in [4.78, 5) is 19.8. The second-order valence-electron chi connectivity index (χ2n) is 8.68. The van der Waals surface area contributed by atoms with E-state index in [9.17, 15) is 8.42 Å². The maximum Gasteiger partial charge on any atom is 0.211 e. The quantitative estimate of drug-likeness (QED) is 0.556. The van der Waals surface area contributed by atoms with Crippen LogP contribution in [0.3, 0.4) is 0 Å². The number of rotatable bonds is 5. The van der Waals surface area contributed by atoms with E-state index < -0.39 is 10.0 Å². The average Bonchev–Trinajstić information content (AvgIpc) is 3.28. The Kier molecular flexibility index (Phi) is 6.42. The summed E-state index contributed by atoms with van der Waals surface area (Å²) in [6.07, 6.45) is 2.98. The number of nitrogens with zero attached hydrogens (tertiary/aromatic N) is 6. The van der Waals surface area contributed by atoms with Crippen LogP contribution in [0, 0.1) is 0 Å². The highest BCUT2D eigenvalue weighted by Crippen LogP contribution is 2.38. The van der Waals surface area contributed by atoms with Gasteiger partial charge in [0.25, 0.3) is 0 Å². The zero-order valence-corrected chi connectivity index (χ0v) is 21.0. The van der Waals surface area contributed by atoms with Gasteiger partial charge in [-0.25, -0.2) is 23.4 Å². The first-order valence-corrected chi connectivity index (χ1v) is 14.0. The largest absolute Gasteiger partial charge is 0.384 e. The van der Waals surface area contributed by atoms with E-state index in [1.165, 1.54) is 11.1 Å². The molecule has 2 N–H and O–H groups in total. The maximum atomic E-state index is 11.9. The van der Waals surface area contributed by atoms with Crippen molar-refractivity contribution in [1.82, 2.24) is 24.2 Å². The third-order valence-corrected chi connectivity index (χ3v) is 9.02. The van der Waals surface area contributed by atoms with Gasteiger partial charge in [-0.3, -0.25) is 4.90 Å². The molecule has 0 bridgehead atoms. The van der Waals surface area contributed by atoms with Crippen LogP contribution in [0.4, 0.5) is 11.6 Å². The van der Waals surface area contributed by atoms with Gasteiger partial charge in [-0.15, -0.1) is 11.3 Å². The van der Waals surface area contributed by atoms with Crippen molar-refractivity contribution in [2.24, 2.45) is 0 Å². The van der Waals surface area contributed by atoms with Crippen molar-refractivity contribution in [3.63, 3.8) is 0 Å². The summed E-state index contributed by atoms with van der Waals surface area (Å²) in [5, 5.41) is 0. The zero-order valence-electron chi connectivity index (χ0n) is 19.3. The topological polar surface area (TPSA) is 118 Å². The molecule has 0 saturated carbocycles. The molecule has 0 aliphatic carbocycles. The molecule has 2 fully saturated rings. The molecule has 12 heteroatoms. The van der Waals surface area contributed by atoms with E-state index in [-0.39, 0.29) is 6.04 Å². The fourth-order valence-electron chi connectivity index (χ4n) is 4.40. The molecule has 2 saturated heterocycles. The summed E-state index contributed by atoms with van der Waals surface area (Å²) in [6.45, 7) is 7.51. The Balaban J connectivity index is 1.49. The third-order valence-electron chi connectivity index (χ3n) is 6.43. The van der Waals surface area contributed by atoms with E-state index in [1.807, 2.05) is 6.07 Å². The van der Waals surface area contributed by atoms with Gasteiger partial charge >= 0.3 is 0 Å². The molecule has 3 aromatic heterocycles. The number of anilines is 2. The molecule has 182 valence electrons. The third kappa shape index (κ3) is 4.73. The highest BCUT2D eigenvalue weighted by Gasteiger charge is 2.28. The van der Waals surface area contributed by atoms with Crippen LogP contribution in [0.25, 0.3) is 21.6 Å². The predicted octanol–water partition coefficient (Wildman–Crippen LogP) is 1.81. The molecular weight excluding hydrogens is 474 g/mol. The normalized spacial score (nSPS) is 19.5. The fourth-order valence-corrected chi connectivity index (χ4v) is 6.43. The highest BCUT2D eigenvalue weighted by molar-refractivity contribution is 7.88. The van der Waals surface area contributed by atoms with Gasteiger partial charge < -0.3 is 15.4 Å². The number of piperazine rings is 1. The van der Waals surface area contributed by atoms with Crippen LogP contribution in [0.15, 0.2) is 24.4 Å². The van der Waals surface area contributed by atoms with Crippen LogP contribution in [0.2, 0.25) is 0 Å². The number of hydrogen-bond donors (Lipinski definition) is 1. The lowest BCUT2D eigenvalue weighted by atomic mass is 10.2. The number of morpholine rings is 1. The van der Waals surface area contributed by atoms with E-state index in [1.54, 1.807) is 27.9 Å². The molecule has 0 amide bonds. The number of fused-ring (bicyclic) bond motifs is 1. The minimum absolute atomic E-state index is 0.153. The molecule has 0 aromatic carbocycles. The van der Waals surface area contributed by atoms with Gasteiger partial charge in [0.2, 0.25) is 10.0 Å². The summed E-state index contributed by atoms with van der Waals surface area (Å²) >= 11 is 1.72. The van der Waals surface area contributed by atoms with Gasteiger partial charge in [0.05, 0.1) is 29.7 Å². The van der Waals surface area contributed by atoms with Crippen LogP contribution < -0.4 is 10.6 Å². The lowest BCUT2D eigenvalue weighted by Gasteiger charge is -2.36. The van der Waals surface area contributed by atoms with Crippen molar-refractivity contribution in [1.29, 1.82) is 0 Å². The van der Waals surface area contributed by atoms with E-state index >= 15 is 0 Å². The van der Waals surface area contributed by atoms with Crippen LogP contribution >= 0.6 is 11.3 Å². The van der Waals surface area contributed by atoms with E-state index in [0.29, 0.717) is 51.0 Å². The Bertz CT molecular complexity index is 1270. The summed E-state index contributed by atoms with van der Waals surface area (Å²) in [5.74, 6) is 2.01. The SMILES string of the molecule is CC(c1cc2nc(-c3ccc(N)nc3)nc(N3CCOCC3)c2s1)N1CCN(S(C)(=O)=O)CC1. The predicted molar refractivity (Wildman–Crippen MR) is 134 cm³/mol. The van der Waals surface area contributed by atoms with Crippen LogP contribution in [0.1, 0.15) is 17.8 Å². The van der Waals surface area contributed by atoms with E-state index in [4.69, 9.17) is 20.4 Å². The number of hydrogen-bond acceptors (Lipinski definition) is 10. The minimum Gasteiger partial charge on any atom is -0.384 e. The molecule has 5 heterocycles. The Morgan fingerprint density at radius 2 is 1.82 bits per heavy atom. The summed E-state index contributed by atoms with van der Waals surface area (Å²) < 4.78 is 31.9. The van der Waals surface area contributed by atoms with Crippen molar-refractivity contribution in [3.05, 3.63) is 29.3 Å². The molecule has 34 heavy (non-hydrogen) atoms. The molecule has 5 rings (SSSR count). The average molecular weight is 504 g/mol. The Morgan fingerprint density at radius 1 is 1.09 bits per heavy atom. The van der Waals surface area contributed by atoms with Crippen molar-refractivity contribution in [2.45, 2.75) is 13.0 Å². The van der Waals surface area contributed by atoms with Gasteiger partial charge in [-0.2, -0.15) is 4.31 Å². The second-order valence-corrected chi connectivity index (χ2v) is 11.7. The Hall–Kier alpha value is -2.38. The fraction of sp³-hybridized carbons (Fsp3) is 0.500. The van der Waals surface area contributed by atoms with Crippen molar-refractivity contribution in [2.75, 3.05) is 69.4 Å². The number of nitrogens with two attached hydrogens (primary N) is 1. The number of ether oxygens (including phenoxy) is 1. The number of pyridine rings is 1. The number of aromatic nitrogens is 3. The molecule has 2 aliphatic rings. The van der Waals surface area contributed by atoms with Gasteiger partial charge in [0.15, 0.2) is 11.6 Å². The highest BCUT2D eigenvalue weighted by atomic mass is 32.2. The molecule has 10 nitrogen and oxygen atoms in total. The number of nitrogen functional groups attached to an aromatic ring is 1. The number of thiophene rings is 1. The van der Waals surface area contributed by atoms with Crippen molar-refractivity contribution >= 4 is 43.2 Å². The maximum absolute atomic E-state index is 11.9. The second kappa shape index (κ2) is 9.34. The monoisotopic (exact) mass is 503 g/mol. The van der Waals surface area contributed by atoms with Gasteiger partial charge in [0.1, 0.15) is 5.82 Å². The zero-order chi connectivity index (χ0) is 23.9. The van der Waals surface area contributed by atoms with Crippen LogP contribution in [-0.2, 0) is 14.8 Å². The van der Waals surface area contributed by atoms with Gasteiger partial charge in [0, 0.05) is 61.9 Å². The molecule has 0 spiro atoms. The van der Waals surface area contributed by atoms with E-state index in [2.05, 4.69) is 27.8 Å². The number of sulfonamides is 1. The van der Waals surface area contributed by atoms with Crippen LogP contribution in [-0.4, -0.2) is 91.3 Å². The molecular formula is C22H29N7O3S2. The minimum atomic E-state index is -3.15. The first-order valence-electron chi connectivity index (χ1n) is 11.3.